The van der Waals surface area contributed by atoms with Crippen LogP contribution < -0.4 is 4.74 Å². The normalized spacial score (nSPS) is 10.3. The monoisotopic (exact) mass is 315 g/mol. The smallest absolute Gasteiger partial charge is 0.273 e. The van der Waals surface area contributed by atoms with E-state index >= 15 is 0 Å². The van der Waals surface area contributed by atoms with Gasteiger partial charge in [-0.1, -0.05) is 35.3 Å². The van der Waals surface area contributed by atoms with Gasteiger partial charge in [0.2, 0.25) is 0 Å². The zero-order chi connectivity index (χ0) is 14.7. The molecular formula is C13H8Cl2FNO3. The zero-order valence-corrected chi connectivity index (χ0v) is 11.5. The van der Waals surface area contributed by atoms with E-state index in [0.29, 0.717) is 0 Å². The maximum absolute atomic E-state index is 13.7. The minimum atomic E-state index is -0.587. The maximum atomic E-state index is 13.7. The Balaban J connectivity index is 2.20. The minimum Gasteiger partial charge on any atom is -0.487 e. The second-order valence-corrected chi connectivity index (χ2v) is 4.69. The first-order valence-corrected chi connectivity index (χ1v) is 6.24. The van der Waals surface area contributed by atoms with Crippen LogP contribution in [0.2, 0.25) is 10.0 Å². The largest absolute Gasteiger partial charge is 0.487 e. The van der Waals surface area contributed by atoms with Gasteiger partial charge >= 0.3 is 0 Å². The van der Waals surface area contributed by atoms with Gasteiger partial charge in [-0.15, -0.1) is 0 Å². The number of rotatable bonds is 4. The molecule has 104 valence electrons. The highest BCUT2D eigenvalue weighted by atomic mass is 35.5. The van der Waals surface area contributed by atoms with E-state index in [-0.39, 0.29) is 33.7 Å². The molecule has 0 aliphatic rings. The summed E-state index contributed by atoms with van der Waals surface area (Å²) in [7, 11) is 0. The fourth-order valence-corrected chi connectivity index (χ4v) is 1.90. The number of nitro groups is 1. The third-order valence-electron chi connectivity index (χ3n) is 2.54. The van der Waals surface area contributed by atoms with Gasteiger partial charge in [-0.25, -0.2) is 4.39 Å². The van der Waals surface area contributed by atoms with Gasteiger partial charge in [-0.05, 0) is 12.1 Å². The van der Waals surface area contributed by atoms with Crippen molar-refractivity contribution in [2.24, 2.45) is 0 Å². The molecule has 0 aliphatic heterocycles. The Hall–Kier alpha value is -1.85. The quantitative estimate of drug-likeness (QED) is 0.611. The Morgan fingerprint density at radius 3 is 2.65 bits per heavy atom. The Morgan fingerprint density at radius 1 is 1.20 bits per heavy atom. The molecule has 2 rings (SSSR count). The number of ether oxygens (including phenoxy) is 1. The number of halogens is 3. The summed E-state index contributed by atoms with van der Waals surface area (Å²) >= 11 is 11.5. The molecule has 0 aromatic heterocycles. The number of hydrogen-bond acceptors (Lipinski definition) is 3. The molecule has 0 bridgehead atoms. The van der Waals surface area contributed by atoms with Gasteiger partial charge in [0, 0.05) is 11.6 Å². The average Bonchev–Trinajstić information content (AvgIpc) is 2.41. The molecule has 0 saturated carbocycles. The van der Waals surface area contributed by atoms with Crippen molar-refractivity contribution < 1.29 is 14.1 Å². The van der Waals surface area contributed by atoms with Gasteiger partial charge in [-0.2, -0.15) is 0 Å². The minimum absolute atomic E-state index is 0.0174. The molecule has 0 unspecified atom stereocenters. The Kier molecular flexibility index (Phi) is 4.42. The molecule has 7 heteroatoms. The summed E-state index contributed by atoms with van der Waals surface area (Å²) in [6.07, 6.45) is 0. The number of hydrogen-bond donors (Lipinski definition) is 0. The van der Waals surface area contributed by atoms with Crippen molar-refractivity contribution in [3.63, 3.8) is 0 Å². The lowest BCUT2D eigenvalue weighted by Gasteiger charge is -2.09. The van der Waals surface area contributed by atoms with Gasteiger partial charge in [-0.3, -0.25) is 10.1 Å². The molecule has 0 radical (unpaired) electrons. The second-order valence-electron chi connectivity index (χ2n) is 3.87. The number of nitrogens with zero attached hydrogens (tertiary/aromatic N) is 1. The molecule has 0 N–H and O–H groups in total. The van der Waals surface area contributed by atoms with Crippen molar-refractivity contribution in [2.75, 3.05) is 0 Å². The Bertz CT molecular complexity index is 664. The van der Waals surface area contributed by atoms with Crippen LogP contribution in [0.4, 0.5) is 10.1 Å². The van der Waals surface area contributed by atoms with E-state index in [4.69, 9.17) is 27.9 Å². The van der Waals surface area contributed by atoms with Crippen LogP contribution in [0.15, 0.2) is 36.4 Å². The topological polar surface area (TPSA) is 52.4 Å². The van der Waals surface area contributed by atoms with Crippen molar-refractivity contribution >= 4 is 28.9 Å². The highest BCUT2D eigenvalue weighted by molar-refractivity contribution is 6.32. The van der Waals surface area contributed by atoms with Crippen molar-refractivity contribution in [1.29, 1.82) is 0 Å². The first-order chi connectivity index (χ1) is 9.49. The fourth-order valence-electron chi connectivity index (χ4n) is 1.53. The summed E-state index contributed by atoms with van der Waals surface area (Å²) in [5, 5.41) is 10.9. The molecule has 0 aliphatic carbocycles. The summed E-state index contributed by atoms with van der Waals surface area (Å²) in [6.45, 7) is -0.132. The zero-order valence-electron chi connectivity index (χ0n) is 9.98. The van der Waals surface area contributed by atoms with Crippen LogP contribution in [-0.2, 0) is 6.61 Å². The molecule has 0 saturated heterocycles. The molecule has 0 amide bonds. The van der Waals surface area contributed by atoms with Crippen LogP contribution in [0.25, 0.3) is 0 Å². The lowest BCUT2D eigenvalue weighted by molar-refractivity contribution is -0.384. The van der Waals surface area contributed by atoms with Crippen LogP contribution in [0.5, 0.6) is 5.75 Å². The predicted octanol–water partition coefficient (Wildman–Crippen LogP) is 4.62. The summed E-state index contributed by atoms with van der Waals surface area (Å²) in [4.78, 5) is 10.1. The molecule has 2 aromatic carbocycles. The third kappa shape index (κ3) is 3.18. The molecule has 4 nitrogen and oxygen atoms in total. The third-order valence-corrected chi connectivity index (χ3v) is 3.14. The SMILES string of the molecule is O=[N+]([O-])c1ccc(Cl)c(OCc2cccc(Cl)c2F)c1. The van der Waals surface area contributed by atoms with Crippen LogP contribution in [-0.4, -0.2) is 4.92 Å². The Labute approximate surface area is 123 Å². The van der Waals surface area contributed by atoms with Crippen molar-refractivity contribution in [3.8, 4) is 5.75 Å². The lowest BCUT2D eigenvalue weighted by atomic mass is 10.2. The van der Waals surface area contributed by atoms with Gasteiger partial charge in [0.25, 0.3) is 5.69 Å². The van der Waals surface area contributed by atoms with Crippen LogP contribution in [0, 0.1) is 15.9 Å². The van der Waals surface area contributed by atoms with E-state index in [1.54, 1.807) is 6.07 Å². The molecule has 0 spiro atoms. The predicted molar refractivity (Wildman–Crippen MR) is 73.8 cm³/mol. The maximum Gasteiger partial charge on any atom is 0.273 e. The fraction of sp³-hybridized carbons (Fsp3) is 0.0769. The van der Waals surface area contributed by atoms with Gasteiger partial charge in [0.15, 0.2) is 0 Å². The summed E-state index contributed by atoms with van der Waals surface area (Å²) < 4.78 is 19.0. The van der Waals surface area contributed by atoms with Crippen molar-refractivity contribution in [1.82, 2.24) is 0 Å². The second kappa shape index (κ2) is 6.07. The standard InChI is InChI=1S/C13H8Cl2FNO3/c14-10-5-4-9(17(18)19)6-12(10)20-7-8-2-1-3-11(15)13(8)16/h1-6H,7H2. The van der Waals surface area contributed by atoms with Crippen LogP contribution in [0.3, 0.4) is 0 Å². The molecular weight excluding hydrogens is 308 g/mol. The lowest BCUT2D eigenvalue weighted by Crippen LogP contribution is -2.00. The van der Waals surface area contributed by atoms with E-state index in [1.807, 2.05) is 0 Å². The number of benzene rings is 2. The van der Waals surface area contributed by atoms with E-state index in [0.717, 1.165) is 0 Å². The van der Waals surface area contributed by atoms with Gasteiger partial charge in [0.05, 0.1) is 21.0 Å². The average molecular weight is 316 g/mol. The number of non-ortho nitro benzene ring substituents is 1. The first-order valence-electron chi connectivity index (χ1n) is 5.48. The summed E-state index contributed by atoms with van der Waals surface area (Å²) in [6, 6.07) is 8.30. The van der Waals surface area contributed by atoms with Crippen molar-refractivity contribution in [2.45, 2.75) is 6.61 Å². The summed E-state index contributed by atoms with van der Waals surface area (Å²) in [5.74, 6) is -0.476. The Morgan fingerprint density at radius 2 is 1.95 bits per heavy atom. The molecule has 20 heavy (non-hydrogen) atoms. The molecule has 0 fully saturated rings. The molecule has 0 heterocycles. The van der Waals surface area contributed by atoms with Crippen LogP contribution >= 0.6 is 23.2 Å². The molecule has 0 atom stereocenters. The summed E-state index contributed by atoms with van der Waals surface area (Å²) in [5.41, 5.74) is 0.0797. The van der Waals surface area contributed by atoms with Gasteiger partial charge in [0.1, 0.15) is 18.2 Å². The number of nitro benzene ring substituents is 1. The van der Waals surface area contributed by atoms with E-state index in [1.165, 1.54) is 30.3 Å². The van der Waals surface area contributed by atoms with Gasteiger partial charge < -0.3 is 4.74 Å². The first kappa shape index (κ1) is 14.6. The highest BCUT2D eigenvalue weighted by Gasteiger charge is 2.12. The van der Waals surface area contributed by atoms with E-state index < -0.39 is 10.7 Å². The van der Waals surface area contributed by atoms with E-state index in [2.05, 4.69) is 0 Å². The van der Waals surface area contributed by atoms with E-state index in [9.17, 15) is 14.5 Å². The highest BCUT2D eigenvalue weighted by Crippen LogP contribution is 2.30. The van der Waals surface area contributed by atoms with Crippen LogP contribution in [0.1, 0.15) is 5.56 Å². The van der Waals surface area contributed by atoms with Crippen molar-refractivity contribution in [3.05, 3.63) is 67.9 Å². The molecule has 2 aromatic rings.